The average Bonchev–Trinajstić information content (AvgIpc) is 2.53. The van der Waals surface area contributed by atoms with Gasteiger partial charge < -0.3 is 15.2 Å². The number of nitrogens with one attached hydrogen (secondary N) is 2. The first-order valence-electron chi connectivity index (χ1n) is 5.11. The van der Waals surface area contributed by atoms with Crippen molar-refractivity contribution in [2.45, 2.75) is 6.42 Å². The maximum Gasteiger partial charge on any atom is 0.270 e. The smallest absolute Gasteiger partial charge is 0.270 e. The third-order valence-electron chi connectivity index (χ3n) is 2.51. The molecule has 0 aliphatic carbocycles. The summed E-state index contributed by atoms with van der Waals surface area (Å²) in [5.74, 6) is 0.113. The van der Waals surface area contributed by atoms with Gasteiger partial charge in [0.05, 0.1) is 0 Å². The van der Waals surface area contributed by atoms with Gasteiger partial charge in [-0.05, 0) is 41.6 Å². The maximum absolute atomic E-state index is 12.0. The number of nitrogens with zero attached hydrogens (tertiary/aromatic N) is 1. The van der Waals surface area contributed by atoms with Gasteiger partial charge in [-0.15, -0.1) is 0 Å². The topological polar surface area (TPSA) is 48.1 Å². The highest BCUT2D eigenvalue weighted by molar-refractivity contribution is 14.1. The van der Waals surface area contributed by atoms with Crippen LogP contribution < -0.4 is 5.32 Å². The van der Waals surface area contributed by atoms with Crippen molar-refractivity contribution in [3.8, 4) is 0 Å². The maximum atomic E-state index is 12.0. The van der Waals surface area contributed by atoms with Gasteiger partial charge in [-0.1, -0.05) is 0 Å². The predicted molar refractivity (Wildman–Crippen MR) is 66.9 cm³/mol. The van der Waals surface area contributed by atoms with Crippen molar-refractivity contribution in [2.24, 2.45) is 0 Å². The Labute approximate surface area is 103 Å². The Morgan fingerprint density at radius 3 is 3.00 bits per heavy atom. The second-order valence-electron chi connectivity index (χ2n) is 3.63. The van der Waals surface area contributed by atoms with Gasteiger partial charge in [0.1, 0.15) is 5.69 Å². The van der Waals surface area contributed by atoms with Gasteiger partial charge in [0.25, 0.3) is 5.91 Å². The highest BCUT2D eigenvalue weighted by Crippen LogP contribution is 2.09. The molecule has 1 aromatic rings. The van der Waals surface area contributed by atoms with E-state index in [2.05, 4.69) is 32.9 Å². The predicted octanol–water partition coefficient (Wildman–Crippen LogP) is 1.05. The van der Waals surface area contributed by atoms with Crippen molar-refractivity contribution in [1.29, 1.82) is 0 Å². The molecular weight excluding hydrogens is 305 g/mol. The minimum absolute atomic E-state index is 0.113. The Morgan fingerprint density at radius 1 is 1.40 bits per heavy atom. The van der Waals surface area contributed by atoms with E-state index < -0.39 is 0 Å². The van der Waals surface area contributed by atoms with Crippen LogP contribution in [-0.2, 0) is 0 Å². The summed E-state index contributed by atoms with van der Waals surface area (Å²) < 4.78 is 1.07. The van der Waals surface area contributed by atoms with Gasteiger partial charge in [0.2, 0.25) is 0 Å². The van der Waals surface area contributed by atoms with E-state index in [0.29, 0.717) is 5.69 Å². The number of H-pyrrole nitrogens is 1. The van der Waals surface area contributed by atoms with E-state index in [1.807, 2.05) is 17.2 Å². The first kappa shape index (κ1) is 10.9. The fourth-order valence-electron chi connectivity index (χ4n) is 1.71. The largest absolute Gasteiger partial charge is 0.356 e. The second-order valence-corrected chi connectivity index (χ2v) is 4.87. The molecule has 1 amide bonds. The zero-order valence-electron chi connectivity index (χ0n) is 8.42. The molecule has 82 valence electrons. The van der Waals surface area contributed by atoms with E-state index >= 15 is 0 Å². The molecule has 2 heterocycles. The number of aromatic amines is 1. The Morgan fingerprint density at radius 2 is 2.27 bits per heavy atom. The molecule has 5 heteroatoms. The van der Waals surface area contributed by atoms with Crippen LogP contribution in [0.2, 0.25) is 0 Å². The van der Waals surface area contributed by atoms with Crippen LogP contribution in [0.15, 0.2) is 12.3 Å². The first-order valence-corrected chi connectivity index (χ1v) is 6.19. The molecule has 0 unspecified atom stereocenters. The SMILES string of the molecule is O=C(c1cc(I)c[nH]1)N1CCCNCC1. The van der Waals surface area contributed by atoms with Gasteiger partial charge in [0, 0.05) is 29.4 Å². The molecule has 2 rings (SSSR count). The molecule has 1 aliphatic heterocycles. The van der Waals surface area contributed by atoms with Crippen molar-refractivity contribution < 1.29 is 4.79 Å². The van der Waals surface area contributed by atoms with Crippen LogP contribution in [0.5, 0.6) is 0 Å². The Balaban J connectivity index is 2.06. The molecule has 0 radical (unpaired) electrons. The lowest BCUT2D eigenvalue weighted by atomic mass is 10.3. The van der Waals surface area contributed by atoms with E-state index in [1.54, 1.807) is 0 Å². The van der Waals surface area contributed by atoms with Crippen LogP contribution in [0.25, 0.3) is 0 Å². The molecule has 4 nitrogen and oxygen atoms in total. The summed E-state index contributed by atoms with van der Waals surface area (Å²) in [5.41, 5.74) is 0.696. The number of hydrogen-bond donors (Lipinski definition) is 2. The number of rotatable bonds is 1. The van der Waals surface area contributed by atoms with Crippen molar-refractivity contribution in [3.63, 3.8) is 0 Å². The number of halogens is 1. The van der Waals surface area contributed by atoms with Gasteiger partial charge >= 0.3 is 0 Å². The van der Waals surface area contributed by atoms with Crippen LogP contribution in [0.1, 0.15) is 16.9 Å². The zero-order valence-corrected chi connectivity index (χ0v) is 10.6. The van der Waals surface area contributed by atoms with E-state index in [1.165, 1.54) is 0 Å². The van der Waals surface area contributed by atoms with Crippen LogP contribution >= 0.6 is 22.6 Å². The molecule has 2 N–H and O–H groups in total. The quantitative estimate of drug-likeness (QED) is 0.761. The second kappa shape index (κ2) is 4.98. The molecule has 0 bridgehead atoms. The Bertz CT molecular complexity index is 342. The lowest BCUT2D eigenvalue weighted by molar-refractivity contribution is 0.0761. The van der Waals surface area contributed by atoms with E-state index in [4.69, 9.17) is 0 Å². The van der Waals surface area contributed by atoms with Gasteiger partial charge in [0.15, 0.2) is 0 Å². The lowest BCUT2D eigenvalue weighted by Gasteiger charge is -2.18. The highest BCUT2D eigenvalue weighted by Gasteiger charge is 2.17. The summed E-state index contributed by atoms with van der Waals surface area (Å²) in [4.78, 5) is 16.9. The number of hydrogen-bond acceptors (Lipinski definition) is 2. The number of amides is 1. The minimum Gasteiger partial charge on any atom is -0.356 e. The summed E-state index contributed by atoms with van der Waals surface area (Å²) in [6, 6.07) is 1.89. The van der Waals surface area contributed by atoms with Gasteiger partial charge in [-0.25, -0.2) is 0 Å². The van der Waals surface area contributed by atoms with Crippen LogP contribution in [-0.4, -0.2) is 42.0 Å². The zero-order chi connectivity index (χ0) is 10.7. The summed E-state index contributed by atoms with van der Waals surface area (Å²) in [6.07, 6.45) is 2.88. The molecule has 0 spiro atoms. The molecule has 15 heavy (non-hydrogen) atoms. The van der Waals surface area contributed by atoms with Gasteiger partial charge in [-0.2, -0.15) is 0 Å². The summed E-state index contributed by atoms with van der Waals surface area (Å²) in [5, 5.41) is 3.28. The minimum atomic E-state index is 0.113. The number of carbonyl (C=O) groups excluding carboxylic acids is 1. The third-order valence-corrected chi connectivity index (χ3v) is 3.13. The molecule has 1 aliphatic rings. The molecule has 1 aromatic heterocycles. The monoisotopic (exact) mass is 319 g/mol. The van der Waals surface area contributed by atoms with Crippen molar-refractivity contribution in [3.05, 3.63) is 21.5 Å². The molecule has 1 fully saturated rings. The van der Waals surface area contributed by atoms with Crippen LogP contribution in [0.3, 0.4) is 0 Å². The molecule has 0 atom stereocenters. The average molecular weight is 319 g/mol. The number of carbonyl (C=O) groups is 1. The summed E-state index contributed by atoms with van der Waals surface area (Å²) in [7, 11) is 0. The third kappa shape index (κ3) is 2.72. The van der Waals surface area contributed by atoms with E-state index in [-0.39, 0.29) is 5.91 Å². The summed E-state index contributed by atoms with van der Waals surface area (Å²) >= 11 is 2.20. The number of aromatic nitrogens is 1. The molecular formula is C10H14IN3O. The van der Waals surface area contributed by atoms with Crippen molar-refractivity contribution >= 4 is 28.5 Å². The lowest BCUT2D eigenvalue weighted by Crippen LogP contribution is -2.34. The van der Waals surface area contributed by atoms with Gasteiger partial charge in [-0.3, -0.25) is 4.79 Å². The normalized spacial score (nSPS) is 17.5. The molecule has 0 aromatic carbocycles. The Hall–Kier alpha value is -0.560. The highest BCUT2D eigenvalue weighted by atomic mass is 127. The van der Waals surface area contributed by atoms with E-state index in [0.717, 1.165) is 36.2 Å². The van der Waals surface area contributed by atoms with Crippen molar-refractivity contribution in [2.75, 3.05) is 26.2 Å². The van der Waals surface area contributed by atoms with Crippen LogP contribution in [0, 0.1) is 3.57 Å². The molecule has 0 saturated carbocycles. The first-order chi connectivity index (χ1) is 7.27. The van der Waals surface area contributed by atoms with Crippen LogP contribution in [0.4, 0.5) is 0 Å². The molecule has 1 saturated heterocycles. The van der Waals surface area contributed by atoms with Crippen molar-refractivity contribution in [1.82, 2.24) is 15.2 Å². The standard InChI is InChI=1S/C10H14IN3O/c11-8-6-9(13-7-8)10(15)14-4-1-2-12-3-5-14/h6-7,12-13H,1-5H2. The fourth-order valence-corrected chi connectivity index (χ4v) is 2.18. The van der Waals surface area contributed by atoms with E-state index in [9.17, 15) is 4.79 Å². The summed E-state index contributed by atoms with van der Waals surface area (Å²) in [6.45, 7) is 3.55. The fraction of sp³-hybridized carbons (Fsp3) is 0.500. The Kier molecular flexibility index (Phi) is 3.63.